The number of aromatic nitrogens is 2. The van der Waals surface area contributed by atoms with Crippen molar-refractivity contribution in [2.45, 2.75) is 24.9 Å². The lowest BCUT2D eigenvalue weighted by Gasteiger charge is -2.09. The molecule has 88 valence electrons. The van der Waals surface area contributed by atoms with Crippen molar-refractivity contribution in [3.8, 4) is 0 Å². The molecule has 1 aromatic heterocycles. The molecule has 0 aliphatic heterocycles. The van der Waals surface area contributed by atoms with Crippen molar-refractivity contribution < 1.29 is 13.2 Å². The molecular formula is C9H13N3O3S. The van der Waals surface area contributed by atoms with Gasteiger partial charge in [-0.3, -0.25) is 4.79 Å². The van der Waals surface area contributed by atoms with Crippen LogP contribution in [0.1, 0.15) is 35.8 Å². The molecule has 0 aromatic carbocycles. The third-order valence-electron chi connectivity index (χ3n) is 1.94. The highest BCUT2D eigenvalue weighted by Crippen LogP contribution is 2.17. The first kappa shape index (κ1) is 12.6. The molecule has 0 aliphatic rings. The average Bonchev–Trinajstić information content (AvgIpc) is 2.15. The van der Waals surface area contributed by atoms with E-state index in [0.717, 1.165) is 12.5 Å². The SMILES string of the molecule is CC(C)c1nc(S(C)(=O)=O)ncc1C(N)=O. The van der Waals surface area contributed by atoms with E-state index in [1.165, 1.54) is 0 Å². The van der Waals surface area contributed by atoms with Crippen LogP contribution in [0.25, 0.3) is 0 Å². The molecule has 1 rings (SSSR count). The van der Waals surface area contributed by atoms with Gasteiger partial charge >= 0.3 is 0 Å². The number of amides is 1. The van der Waals surface area contributed by atoms with E-state index in [0.29, 0.717) is 5.69 Å². The topological polar surface area (TPSA) is 103 Å². The predicted molar refractivity (Wildman–Crippen MR) is 57.7 cm³/mol. The van der Waals surface area contributed by atoms with Crippen LogP contribution in [0.4, 0.5) is 0 Å². The summed E-state index contributed by atoms with van der Waals surface area (Å²) < 4.78 is 22.5. The van der Waals surface area contributed by atoms with E-state index in [-0.39, 0.29) is 16.6 Å². The van der Waals surface area contributed by atoms with E-state index >= 15 is 0 Å². The molecule has 1 amide bonds. The monoisotopic (exact) mass is 243 g/mol. The van der Waals surface area contributed by atoms with Crippen molar-refractivity contribution in [3.05, 3.63) is 17.5 Å². The Labute approximate surface area is 93.8 Å². The zero-order chi connectivity index (χ0) is 12.5. The Kier molecular flexibility index (Phi) is 3.27. The summed E-state index contributed by atoms with van der Waals surface area (Å²) >= 11 is 0. The van der Waals surface area contributed by atoms with Crippen LogP contribution in [0.5, 0.6) is 0 Å². The Bertz CT molecular complexity index is 523. The minimum absolute atomic E-state index is 0.106. The predicted octanol–water partition coefficient (Wildman–Crippen LogP) is 0.102. The number of hydrogen-bond acceptors (Lipinski definition) is 5. The summed E-state index contributed by atoms with van der Waals surface area (Å²) in [5.41, 5.74) is 5.65. The van der Waals surface area contributed by atoms with E-state index < -0.39 is 15.7 Å². The van der Waals surface area contributed by atoms with Crippen molar-refractivity contribution in [2.75, 3.05) is 6.26 Å². The lowest BCUT2D eigenvalue weighted by molar-refractivity contribution is 0.0998. The number of sulfone groups is 1. The summed E-state index contributed by atoms with van der Waals surface area (Å²) in [5, 5.41) is -0.291. The van der Waals surface area contributed by atoms with Gasteiger partial charge < -0.3 is 5.73 Å². The standard InChI is InChI=1S/C9H13N3O3S/c1-5(2)7-6(8(10)13)4-11-9(12-7)16(3,14)15/h4-5H,1-3H3,(H2,10,13). The van der Waals surface area contributed by atoms with Gasteiger partial charge in [0.1, 0.15) is 0 Å². The van der Waals surface area contributed by atoms with Gasteiger partial charge in [-0.1, -0.05) is 13.8 Å². The maximum atomic E-state index is 11.2. The molecule has 1 aromatic rings. The number of primary amides is 1. The number of nitrogens with two attached hydrogens (primary N) is 1. The Morgan fingerprint density at radius 2 is 2.00 bits per heavy atom. The highest BCUT2D eigenvalue weighted by Gasteiger charge is 2.18. The molecular weight excluding hydrogens is 230 g/mol. The van der Waals surface area contributed by atoms with Gasteiger partial charge in [-0.05, 0) is 5.92 Å². The normalized spacial score (nSPS) is 11.8. The number of carbonyl (C=O) groups excluding carboxylic acids is 1. The van der Waals surface area contributed by atoms with E-state index in [4.69, 9.17) is 5.73 Å². The smallest absolute Gasteiger partial charge is 0.252 e. The third kappa shape index (κ3) is 2.54. The van der Waals surface area contributed by atoms with Crippen molar-refractivity contribution in [3.63, 3.8) is 0 Å². The Balaban J connectivity index is 3.46. The molecule has 0 aliphatic carbocycles. The summed E-state index contributed by atoms with van der Waals surface area (Å²) in [7, 11) is -3.48. The third-order valence-corrected chi connectivity index (χ3v) is 2.80. The van der Waals surface area contributed by atoms with Crippen LogP contribution in [0.3, 0.4) is 0 Å². The van der Waals surface area contributed by atoms with E-state index in [9.17, 15) is 13.2 Å². The first-order valence-electron chi connectivity index (χ1n) is 4.60. The fourth-order valence-corrected chi connectivity index (χ4v) is 1.69. The molecule has 0 fully saturated rings. The largest absolute Gasteiger partial charge is 0.365 e. The number of rotatable bonds is 3. The Morgan fingerprint density at radius 3 is 2.38 bits per heavy atom. The van der Waals surface area contributed by atoms with Crippen LogP contribution >= 0.6 is 0 Å². The zero-order valence-corrected chi connectivity index (χ0v) is 10.1. The molecule has 0 spiro atoms. The molecule has 0 atom stereocenters. The summed E-state index contributed by atoms with van der Waals surface area (Å²) in [6, 6.07) is 0. The van der Waals surface area contributed by atoms with Crippen LogP contribution in [0.15, 0.2) is 11.4 Å². The van der Waals surface area contributed by atoms with Gasteiger partial charge in [-0.15, -0.1) is 0 Å². The summed E-state index contributed by atoms with van der Waals surface area (Å²) in [5.74, 6) is -0.769. The molecule has 0 bridgehead atoms. The molecule has 2 N–H and O–H groups in total. The van der Waals surface area contributed by atoms with Gasteiger partial charge in [-0.2, -0.15) is 0 Å². The molecule has 0 saturated carbocycles. The van der Waals surface area contributed by atoms with Crippen LogP contribution in [0.2, 0.25) is 0 Å². The molecule has 6 nitrogen and oxygen atoms in total. The number of hydrogen-bond donors (Lipinski definition) is 1. The fraction of sp³-hybridized carbons (Fsp3) is 0.444. The van der Waals surface area contributed by atoms with Crippen molar-refractivity contribution in [1.82, 2.24) is 9.97 Å². The Morgan fingerprint density at radius 1 is 1.44 bits per heavy atom. The Hall–Kier alpha value is -1.50. The van der Waals surface area contributed by atoms with Gasteiger partial charge in [0.25, 0.3) is 5.91 Å². The van der Waals surface area contributed by atoms with Gasteiger partial charge in [0.2, 0.25) is 15.0 Å². The second-order valence-electron chi connectivity index (χ2n) is 3.74. The zero-order valence-electron chi connectivity index (χ0n) is 9.26. The maximum Gasteiger partial charge on any atom is 0.252 e. The van der Waals surface area contributed by atoms with E-state index in [1.54, 1.807) is 13.8 Å². The van der Waals surface area contributed by atoms with Crippen molar-refractivity contribution >= 4 is 15.7 Å². The van der Waals surface area contributed by atoms with Crippen LogP contribution in [-0.4, -0.2) is 30.5 Å². The fourth-order valence-electron chi connectivity index (χ4n) is 1.19. The lowest BCUT2D eigenvalue weighted by Crippen LogP contribution is -2.18. The lowest BCUT2D eigenvalue weighted by atomic mass is 10.1. The van der Waals surface area contributed by atoms with E-state index in [1.807, 2.05) is 0 Å². The van der Waals surface area contributed by atoms with Gasteiger partial charge in [0, 0.05) is 12.5 Å². The molecule has 7 heteroatoms. The first-order valence-corrected chi connectivity index (χ1v) is 6.49. The summed E-state index contributed by atoms with van der Waals surface area (Å²) in [6.45, 7) is 3.58. The number of nitrogens with zero attached hydrogens (tertiary/aromatic N) is 2. The molecule has 0 saturated heterocycles. The van der Waals surface area contributed by atoms with E-state index in [2.05, 4.69) is 9.97 Å². The molecule has 16 heavy (non-hydrogen) atoms. The maximum absolute atomic E-state index is 11.2. The average molecular weight is 243 g/mol. The van der Waals surface area contributed by atoms with Gasteiger partial charge in [0.15, 0.2) is 0 Å². The van der Waals surface area contributed by atoms with Crippen molar-refractivity contribution in [1.29, 1.82) is 0 Å². The highest BCUT2D eigenvalue weighted by atomic mass is 32.2. The molecule has 0 unspecified atom stereocenters. The van der Waals surface area contributed by atoms with Crippen LogP contribution < -0.4 is 5.73 Å². The first-order chi connectivity index (χ1) is 7.23. The summed E-state index contributed by atoms with van der Waals surface area (Å²) in [6.07, 6.45) is 2.16. The highest BCUT2D eigenvalue weighted by molar-refractivity contribution is 7.90. The second-order valence-corrected chi connectivity index (χ2v) is 5.65. The van der Waals surface area contributed by atoms with Gasteiger partial charge in [-0.25, -0.2) is 18.4 Å². The van der Waals surface area contributed by atoms with Crippen LogP contribution in [-0.2, 0) is 9.84 Å². The minimum atomic E-state index is -3.48. The molecule has 0 radical (unpaired) electrons. The van der Waals surface area contributed by atoms with Crippen molar-refractivity contribution in [2.24, 2.45) is 5.73 Å². The second kappa shape index (κ2) is 4.17. The minimum Gasteiger partial charge on any atom is -0.365 e. The summed E-state index contributed by atoms with van der Waals surface area (Å²) in [4.78, 5) is 18.6. The molecule has 1 heterocycles. The number of carbonyl (C=O) groups is 1. The van der Waals surface area contributed by atoms with Gasteiger partial charge in [0.05, 0.1) is 11.3 Å². The van der Waals surface area contributed by atoms with Crippen LogP contribution in [0, 0.1) is 0 Å². The quantitative estimate of drug-likeness (QED) is 0.758.